The summed E-state index contributed by atoms with van der Waals surface area (Å²) in [7, 11) is 0. The van der Waals surface area contributed by atoms with E-state index in [1.165, 1.54) is 0 Å². The quantitative estimate of drug-likeness (QED) is 0.715. The van der Waals surface area contributed by atoms with E-state index in [0.717, 1.165) is 11.1 Å². The van der Waals surface area contributed by atoms with E-state index in [-0.39, 0.29) is 12.6 Å². The third-order valence-corrected chi connectivity index (χ3v) is 3.02. The lowest BCUT2D eigenvalue weighted by Gasteiger charge is -2.14. The van der Waals surface area contributed by atoms with Crippen molar-refractivity contribution in [3.8, 4) is 0 Å². The van der Waals surface area contributed by atoms with Gasteiger partial charge in [-0.3, -0.25) is 9.59 Å². The van der Waals surface area contributed by atoms with Gasteiger partial charge < -0.3 is 15.7 Å². The highest BCUT2D eigenvalue weighted by Gasteiger charge is 2.16. The molecule has 20 heavy (non-hydrogen) atoms. The first-order valence-corrected chi connectivity index (χ1v) is 6.74. The van der Waals surface area contributed by atoms with Crippen molar-refractivity contribution < 1.29 is 14.7 Å². The average molecular weight is 278 g/mol. The lowest BCUT2D eigenvalue weighted by atomic mass is 10.1. The normalized spacial score (nSPS) is 11.8. The molecule has 0 saturated carbocycles. The minimum atomic E-state index is -0.672. The maximum atomic E-state index is 11.8. The van der Waals surface area contributed by atoms with E-state index in [2.05, 4.69) is 10.6 Å². The smallest absolute Gasteiger partial charge is 0.313 e. The molecular weight excluding hydrogens is 256 g/mol. The van der Waals surface area contributed by atoms with Crippen LogP contribution in [0.3, 0.4) is 0 Å². The fourth-order valence-electron chi connectivity index (χ4n) is 1.81. The first-order valence-electron chi connectivity index (χ1n) is 6.74. The molecule has 1 unspecified atom stereocenters. The molecule has 3 N–H and O–H groups in total. The van der Waals surface area contributed by atoms with Crippen molar-refractivity contribution in [2.75, 3.05) is 11.9 Å². The SMILES string of the molecule is Cc1ccc(C)c(NC(=O)C(=O)NC(C)CCCO)c1. The fraction of sp³-hybridized carbons (Fsp3) is 0.467. The van der Waals surface area contributed by atoms with Crippen molar-refractivity contribution in [1.82, 2.24) is 5.32 Å². The minimum Gasteiger partial charge on any atom is -0.396 e. The fourth-order valence-corrected chi connectivity index (χ4v) is 1.81. The summed E-state index contributed by atoms with van der Waals surface area (Å²) in [6.45, 7) is 5.68. The standard InChI is InChI=1S/C15H22N2O3/c1-10-6-7-11(2)13(9-10)17-15(20)14(19)16-12(3)5-4-8-18/h6-7,9,12,18H,4-5,8H2,1-3H3,(H,16,19)(H,17,20). The Balaban J connectivity index is 2.57. The third kappa shape index (κ3) is 5.01. The van der Waals surface area contributed by atoms with Crippen LogP contribution in [0.4, 0.5) is 5.69 Å². The monoisotopic (exact) mass is 278 g/mol. The molecule has 0 fully saturated rings. The van der Waals surface area contributed by atoms with E-state index in [0.29, 0.717) is 18.5 Å². The van der Waals surface area contributed by atoms with E-state index >= 15 is 0 Å². The first kappa shape index (κ1) is 16.2. The summed E-state index contributed by atoms with van der Waals surface area (Å²) >= 11 is 0. The predicted octanol–water partition coefficient (Wildman–Crippen LogP) is 1.52. The zero-order valence-electron chi connectivity index (χ0n) is 12.2. The highest BCUT2D eigenvalue weighted by Crippen LogP contribution is 2.16. The van der Waals surface area contributed by atoms with Crippen LogP contribution in [0.2, 0.25) is 0 Å². The number of carbonyl (C=O) groups is 2. The molecule has 0 saturated heterocycles. The summed E-state index contributed by atoms with van der Waals surface area (Å²) in [5.41, 5.74) is 2.57. The van der Waals surface area contributed by atoms with Crippen molar-refractivity contribution in [1.29, 1.82) is 0 Å². The van der Waals surface area contributed by atoms with Gasteiger partial charge in [0.1, 0.15) is 0 Å². The molecule has 1 rings (SSSR count). The van der Waals surface area contributed by atoms with Crippen molar-refractivity contribution in [2.45, 2.75) is 39.7 Å². The van der Waals surface area contributed by atoms with Gasteiger partial charge in [0.2, 0.25) is 0 Å². The molecule has 110 valence electrons. The van der Waals surface area contributed by atoms with Gasteiger partial charge in [-0.25, -0.2) is 0 Å². The Kier molecular flexibility index (Phi) is 6.18. The lowest BCUT2D eigenvalue weighted by Crippen LogP contribution is -2.40. The molecule has 1 aromatic carbocycles. The van der Waals surface area contributed by atoms with Gasteiger partial charge in [-0.1, -0.05) is 12.1 Å². The van der Waals surface area contributed by atoms with Crippen LogP contribution >= 0.6 is 0 Å². The van der Waals surface area contributed by atoms with Crippen molar-refractivity contribution in [2.24, 2.45) is 0 Å². The summed E-state index contributed by atoms with van der Waals surface area (Å²) in [4.78, 5) is 23.5. The summed E-state index contributed by atoms with van der Waals surface area (Å²) in [5.74, 6) is -1.33. The molecule has 0 aliphatic rings. The number of carbonyl (C=O) groups excluding carboxylic acids is 2. The van der Waals surface area contributed by atoms with E-state index < -0.39 is 11.8 Å². The van der Waals surface area contributed by atoms with Crippen molar-refractivity contribution >= 4 is 17.5 Å². The molecule has 0 bridgehead atoms. The predicted molar refractivity (Wildman–Crippen MR) is 78.5 cm³/mol. The van der Waals surface area contributed by atoms with Gasteiger partial charge in [0.15, 0.2) is 0 Å². The first-order chi connectivity index (χ1) is 9.43. The van der Waals surface area contributed by atoms with Crippen LogP contribution in [-0.2, 0) is 9.59 Å². The molecule has 0 aliphatic heterocycles. The Morgan fingerprint density at radius 1 is 1.25 bits per heavy atom. The molecule has 2 amide bonds. The number of hydrogen-bond donors (Lipinski definition) is 3. The van der Waals surface area contributed by atoms with E-state index in [1.54, 1.807) is 6.92 Å². The van der Waals surface area contributed by atoms with Gasteiger partial charge in [-0.2, -0.15) is 0 Å². The second-order valence-electron chi connectivity index (χ2n) is 5.01. The number of aliphatic hydroxyl groups is 1. The maximum absolute atomic E-state index is 11.8. The van der Waals surface area contributed by atoms with Gasteiger partial charge in [0.25, 0.3) is 0 Å². The number of aryl methyl sites for hydroxylation is 2. The molecule has 1 atom stereocenters. The molecule has 0 aromatic heterocycles. The second kappa shape index (κ2) is 7.65. The van der Waals surface area contributed by atoms with E-state index in [4.69, 9.17) is 5.11 Å². The molecule has 5 heteroatoms. The zero-order valence-corrected chi connectivity index (χ0v) is 12.2. The Hall–Kier alpha value is -1.88. The molecule has 0 aliphatic carbocycles. The van der Waals surface area contributed by atoms with E-state index in [1.807, 2.05) is 32.0 Å². The van der Waals surface area contributed by atoms with Crippen molar-refractivity contribution in [3.05, 3.63) is 29.3 Å². The van der Waals surface area contributed by atoms with Crippen LogP contribution in [0.15, 0.2) is 18.2 Å². The number of nitrogens with one attached hydrogen (secondary N) is 2. The van der Waals surface area contributed by atoms with Gasteiger partial charge in [0.05, 0.1) is 0 Å². The molecule has 0 heterocycles. The second-order valence-corrected chi connectivity index (χ2v) is 5.01. The van der Waals surface area contributed by atoms with Crippen LogP contribution in [0.1, 0.15) is 30.9 Å². The lowest BCUT2D eigenvalue weighted by molar-refractivity contribution is -0.136. The Bertz CT molecular complexity index is 486. The largest absolute Gasteiger partial charge is 0.396 e. The summed E-state index contributed by atoms with van der Waals surface area (Å²) < 4.78 is 0. The third-order valence-electron chi connectivity index (χ3n) is 3.02. The van der Waals surface area contributed by atoms with Gasteiger partial charge in [0, 0.05) is 18.3 Å². The summed E-state index contributed by atoms with van der Waals surface area (Å²) in [5, 5.41) is 13.9. The zero-order chi connectivity index (χ0) is 15.1. The number of hydrogen-bond acceptors (Lipinski definition) is 3. The number of aliphatic hydroxyl groups excluding tert-OH is 1. The number of rotatable bonds is 5. The van der Waals surface area contributed by atoms with Gasteiger partial charge >= 0.3 is 11.8 Å². The Morgan fingerprint density at radius 2 is 1.95 bits per heavy atom. The highest BCUT2D eigenvalue weighted by atomic mass is 16.3. The van der Waals surface area contributed by atoms with Crippen LogP contribution in [0.25, 0.3) is 0 Å². The van der Waals surface area contributed by atoms with Crippen LogP contribution < -0.4 is 10.6 Å². The maximum Gasteiger partial charge on any atom is 0.313 e. The molecular formula is C15H22N2O3. The Labute approximate surface area is 119 Å². The summed E-state index contributed by atoms with van der Waals surface area (Å²) in [6.07, 6.45) is 1.24. The minimum absolute atomic E-state index is 0.0783. The average Bonchev–Trinajstić information content (AvgIpc) is 2.40. The number of amides is 2. The van der Waals surface area contributed by atoms with Crippen LogP contribution in [-0.4, -0.2) is 29.6 Å². The van der Waals surface area contributed by atoms with Crippen LogP contribution in [0.5, 0.6) is 0 Å². The number of anilines is 1. The van der Waals surface area contributed by atoms with Gasteiger partial charge in [-0.05, 0) is 50.8 Å². The van der Waals surface area contributed by atoms with E-state index in [9.17, 15) is 9.59 Å². The van der Waals surface area contributed by atoms with Crippen LogP contribution in [0, 0.1) is 13.8 Å². The molecule has 5 nitrogen and oxygen atoms in total. The number of benzene rings is 1. The van der Waals surface area contributed by atoms with Gasteiger partial charge in [-0.15, -0.1) is 0 Å². The topological polar surface area (TPSA) is 78.4 Å². The molecule has 0 spiro atoms. The Morgan fingerprint density at radius 3 is 2.60 bits per heavy atom. The highest BCUT2D eigenvalue weighted by molar-refractivity contribution is 6.39. The molecule has 1 aromatic rings. The van der Waals surface area contributed by atoms with Crippen molar-refractivity contribution in [3.63, 3.8) is 0 Å². The summed E-state index contributed by atoms with van der Waals surface area (Å²) in [6, 6.07) is 5.53. The molecule has 0 radical (unpaired) electrons.